The van der Waals surface area contributed by atoms with E-state index < -0.39 is 0 Å². The number of benzene rings is 1. The molecule has 1 fully saturated rings. The number of aromatic nitrogens is 4. The zero-order valence-electron chi connectivity index (χ0n) is 14.9. The Hall–Kier alpha value is -2.38. The van der Waals surface area contributed by atoms with Crippen molar-refractivity contribution in [2.24, 2.45) is 0 Å². The zero-order chi connectivity index (χ0) is 18.4. The number of fused-ring (bicyclic) bond motifs is 3. The number of hydrogen-bond acceptors (Lipinski definition) is 5. The van der Waals surface area contributed by atoms with Crippen LogP contribution in [0.3, 0.4) is 0 Å². The molecular formula is C20H19FN4OS. The van der Waals surface area contributed by atoms with Gasteiger partial charge in [-0.1, -0.05) is 0 Å². The summed E-state index contributed by atoms with van der Waals surface area (Å²) in [4.78, 5) is 13.8. The van der Waals surface area contributed by atoms with Crippen molar-refractivity contribution in [2.75, 3.05) is 6.61 Å². The first-order chi connectivity index (χ1) is 13.2. The Morgan fingerprint density at radius 1 is 1.30 bits per heavy atom. The summed E-state index contributed by atoms with van der Waals surface area (Å²) in [6.45, 7) is 2.82. The molecule has 7 heteroatoms. The second-order valence-corrected chi connectivity index (χ2v) is 7.79. The van der Waals surface area contributed by atoms with Crippen molar-refractivity contribution in [3.63, 3.8) is 0 Å². The Labute approximate surface area is 159 Å². The molecule has 0 spiro atoms. The first-order valence-electron chi connectivity index (χ1n) is 9.13. The summed E-state index contributed by atoms with van der Waals surface area (Å²) in [5, 5.41) is 2.86. The molecule has 138 valence electrons. The fraction of sp³-hybridized carbons (Fsp3) is 0.350. The summed E-state index contributed by atoms with van der Waals surface area (Å²) in [5.41, 5.74) is 5.39. The lowest BCUT2D eigenvalue weighted by Crippen LogP contribution is -2.26. The van der Waals surface area contributed by atoms with Crippen molar-refractivity contribution in [3.05, 3.63) is 52.6 Å². The molecule has 1 aromatic carbocycles. The monoisotopic (exact) mass is 382 g/mol. The van der Waals surface area contributed by atoms with E-state index in [1.807, 2.05) is 10.9 Å². The summed E-state index contributed by atoms with van der Waals surface area (Å²) < 4.78 is 22.1. The van der Waals surface area contributed by atoms with Gasteiger partial charge in [-0.25, -0.2) is 14.4 Å². The molecule has 1 aliphatic heterocycles. The fourth-order valence-electron chi connectivity index (χ4n) is 4.01. The van der Waals surface area contributed by atoms with Crippen LogP contribution in [-0.2, 0) is 11.2 Å². The first-order valence-corrected chi connectivity index (χ1v) is 10.1. The highest BCUT2D eigenvalue weighted by atomic mass is 32.1. The molecule has 0 N–H and O–H groups in total. The minimum Gasteiger partial charge on any atom is -0.378 e. The van der Waals surface area contributed by atoms with E-state index in [4.69, 9.17) is 9.72 Å². The Kier molecular flexibility index (Phi) is 4.13. The molecule has 0 radical (unpaired) electrons. The number of thiazole rings is 1. The van der Waals surface area contributed by atoms with Gasteiger partial charge in [0.05, 0.1) is 34.5 Å². The van der Waals surface area contributed by atoms with Crippen LogP contribution in [0.25, 0.3) is 21.9 Å². The third-order valence-corrected chi connectivity index (χ3v) is 5.83. The molecule has 27 heavy (non-hydrogen) atoms. The van der Waals surface area contributed by atoms with Gasteiger partial charge in [-0.05, 0) is 38.0 Å². The highest BCUT2D eigenvalue weighted by Gasteiger charge is 2.26. The highest BCUT2D eigenvalue weighted by Crippen LogP contribution is 2.34. The quantitative estimate of drug-likeness (QED) is 0.523. The van der Waals surface area contributed by atoms with E-state index in [2.05, 4.69) is 21.5 Å². The van der Waals surface area contributed by atoms with Gasteiger partial charge in [0.25, 0.3) is 0 Å². The van der Waals surface area contributed by atoms with Crippen molar-refractivity contribution in [3.8, 4) is 0 Å². The first kappa shape index (κ1) is 16.8. The van der Waals surface area contributed by atoms with Gasteiger partial charge >= 0.3 is 0 Å². The van der Waals surface area contributed by atoms with Gasteiger partial charge in [0, 0.05) is 29.8 Å². The lowest BCUT2D eigenvalue weighted by atomic mass is 10.0. The molecular weight excluding hydrogens is 363 g/mol. The van der Waals surface area contributed by atoms with Crippen LogP contribution in [-0.4, -0.2) is 32.2 Å². The molecule has 4 aromatic rings. The van der Waals surface area contributed by atoms with E-state index in [0.717, 1.165) is 52.9 Å². The van der Waals surface area contributed by atoms with Crippen molar-refractivity contribution in [1.29, 1.82) is 0 Å². The largest absolute Gasteiger partial charge is 0.378 e. The number of rotatable bonds is 3. The maximum absolute atomic E-state index is 14.0. The Morgan fingerprint density at radius 2 is 2.22 bits per heavy atom. The molecule has 0 saturated carbocycles. The van der Waals surface area contributed by atoms with E-state index >= 15 is 0 Å². The molecule has 5 rings (SSSR count). The second-order valence-electron chi connectivity index (χ2n) is 7.07. The predicted octanol–water partition coefficient (Wildman–Crippen LogP) is 4.51. The minimum absolute atomic E-state index is 0.193. The number of nitrogens with zero attached hydrogens (tertiary/aromatic N) is 4. The molecule has 2 atom stereocenters. The lowest BCUT2D eigenvalue weighted by Gasteiger charge is -2.30. The molecule has 1 aliphatic rings. The Balaban J connectivity index is 1.76. The number of pyridine rings is 1. The summed E-state index contributed by atoms with van der Waals surface area (Å²) in [7, 11) is 0. The van der Waals surface area contributed by atoms with E-state index in [1.165, 1.54) is 6.07 Å². The third-order valence-electron chi connectivity index (χ3n) is 5.20. The minimum atomic E-state index is -0.258. The van der Waals surface area contributed by atoms with Crippen molar-refractivity contribution in [1.82, 2.24) is 19.5 Å². The van der Waals surface area contributed by atoms with Crippen molar-refractivity contribution < 1.29 is 9.13 Å². The maximum atomic E-state index is 14.0. The molecule has 0 bridgehead atoms. The van der Waals surface area contributed by atoms with E-state index in [9.17, 15) is 4.39 Å². The van der Waals surface area contributed by atoms with Crippen LogP contribution in [0.5, 0.6) is 0 Å². The van der Waals surface area contributed by atoms with Gasteiger partial charge < -0.3 is 9.30 Å². The molecule has 1 saturated heterocycles. The van der Waals surface area contributed by atoms with Crippen LogP contribution in [0.4, 0.5) is 4.39 Å². The van der Waals surface area contributed by atoms with Gasteiger partial charge in [0.2, 0.25) is 0 Å². The maximum Gasteiger partial charge on any atom is 0.124 e. The molecule has 0 unspecified atom stereocenters. The zero-order valence-corrected chi connectivity index (χ0v) is 15.7. The summed E-state index contributed by atoms with van der Waals surface area (Å²) >= 11 is 1.58. The number of ether oxygens (including phenoxy) is 1. The average Bonchev–Trinajstić information content (AvgIpc) is 3.29. The van der Waals surface area contributed by atoms with Crippen molar-refractivity contribution >= 4 is 33.3 Å². The van der Waals surface area contributed by atoms with Gasteiger partial charge in [0.1, 0.15) is 17.2 Å². The molecule has 4 heterocycles. The Morgan fingerprint density at radius 3 is 3.04 bits per heavy atom. The highest BCUT2D eigenvalue weighted by molar-refractivity contribution is 7.07. The van der Waals surface area contributed by atoms with Gasteiger partial charge in [0.15, 0.2) is 0 Å². The molecule has 0 aliphatic carbocycles. The molecule has 3 aromatic heterocycles. The second kappa shape index (κ2) is 6.65. The third kappa shape index (κ3) is 3.00. The topological polar surface area (TPSA) is 52.8 Å². The molecule has 0 amide bonds. The number of halogens is 1. The Bertz CT molecular complexity index is 1110. The van der Waals surface area contributed by atoms with Crippen LogP contribution in [0.15, 0.2) is 35.3 Å². The summed E-state index contributed by atoms with van der Waals surface area (Å²) in [6, 6.07) is 5.02. The van der Waals surface area contributed by atoms with E-state index in [1.54, 1.807) is 29.7 Å². The van der Waals surface area contributed by atoms with Gasteiger partial charge in [-0.15, -0.1) is 11.3 Å². The SMILES string of the molecule is C[C@H]1C[C@@H](n2c(Cc3cscn3)nc3cnc4ccc(F)cc4c32)CCO1. The standard InChI is InChI=1S/C20H19FN4OS/c1-12-6-15(4-5-26-12)25-19(8-14-10-27-11-23-14)24-18-9-22-17-3-2-13(21)7-16(17)20(18)25/h2-3,7,9-12,15H,4-6,8H2,1H3/t12-,15-/m0/s1. The van der Waals surface area contributed by atoms with Crippen LogP contribution in [0.1, 0.15) is 37.3 Å². The van der Waals surface area contributed by atoms with Crippen molar-refractivity contribution in [2.45, 2.75) is 38.3 Å². The van der Waals surface area contributed by atoms with Crippen LogP contribution < -0.4 is 0 Å². The molecule has 5 nitrogen and oxygen atoms in total. The smallest absolute Gasteiger partial charge is 0.124 e. The lowest BCUT2D eigenvalue weighted by molar-refractivity contribution is 0.00631. The predicted molar refractivity (Wildman–Crippen MR) is 104 cm³/mol. The summed E-state index contributed by atoms with van der Waals surface area (Å²) in [6.07, 6.45) is 4.46. The van der Waals surface area contributed by atoms with Crippen LogP contribution in [0.2, 0.25) is 0 Å². The van der Waals surface area contributed by atoms with Gasteiger partial charge in [-0.3, -0.25) is 4.98 Å². The van der Waals surface area contributed by atoms with E-state index in [-0.39, 0.29) is 18.0 Å². The average molecular weight is 382 g/mol. The number of hydrogen-bond donors (Lipinski definition) is 0. The van der Waals surface area contributed by atoms with Gasteiger partial charge in [-0.2, -0.15) is 0 Å². The van der Waals surface area contributed by atoms with E-state index in [0.29, 0.717) is 6.42 Å². The summed E-state index contributed by atoms with van der Waals surface area (Å²) in [5.74, 6) is 0.694. The fourth-order valence-corrected chi connectivity index (χ4v) is 4.57. The number of imidazole rings is 1. The normalized spacial score (nSPS) is 20.5. The van der Waals surface area contributed by atoms with Crippen LogP contribution in [0, 0.1) is 5.82 Å². The van der Waals surface area contributed by atoms with Crippen LogP contribution >= 0.6 is 11.3 Å².